The Hall–Kier alpha value is -10.6. The topological polar surface area (TPSA) is 32.8 Å². The highest BCUT2D eigenvalue weighted by molar-refractivity contribution is 7.99. The van der Waals surface area contributed by atoms with Crippen molar-refractivity contribution in [3.8, 4) is 33.4 Å². The van der Waals surface area contributed by atoms with Gasteiger partial charge in [0.05, 0.1) is 16.8 Å². The Morgan fingerprint density at radius 3 is 1.88 bits per heavy atom. The third-order valence-electron chi connectivity index (χ3n) is 18.7. The van der Waals surface area contributed by atoms with Gasteiger partial charge in [-0.2, -0.15) is 0 Å². The number of halogens is 1. The number of fused-ring (bicyclic) bond motifs is 19. The Morgan fingerprint density at radius 1 is 0.333 bits per heavy atom. The molecular weight excluding hydrogens is 1160 g/mol. The number of nitrogens with zero attached hydrogens (tertiary/aromatic N) is 2. The lowest BCUT2D eigenvalue weighted by Crippen LogP contribution is -2.32. The molecule has 0 amide bonds. The predicted octanol–water partition coefficient (Wildman–Crippen LogP) is 24.8. The minimum Gasteiger partial charge on any atom is -0.456 e. The molecule has 0 fully saturated rings. The normalized spacial score (nSPS) is 14.1. The van der Waals surface area contributed by atoms with Crippen molar-refractivity contribution < 1.29 is 8.83 Å². The van der Waals surface area contributed by atoms with Gasteiger partial charge in [-0.1, -0.05) is 199 Å². The molecule has 422 valence electrons. The van der Waals surface area contributed by atoms with Crippen molar-refractivity contribution in [2.45, 2.75) is 15.2 Å². The Bertz CT molecular complexity index is 5830. The van der Waals surface area contributed by atoms with Crippen LogP contribution in [-0.2, 0) is 5.41 Å². The van der Waals surface area contributed by atoms with E-state index >= 15 is 0 Å². The minimum atomic E-state index is -0.834. The molecule has 0 N–H and O–H groups in total. The number of anilines is 6. The molecule has 14 aromatic carbocycles. The van der Waals surface area contributed by atoms with E-state index in [1.54, 1.807) is 0 Å². The van der Waals surface area contributed by atoms with Gasteiger partial charge >= 0.3 is 0 Å². The van der Waals surface area contributed by atoms with Crippen LogP contribution in [-0.4, -0.2) is 0 Å². The number of furan rings is 2. The number of hydrogen-bond acceptors (Lipinski definition) is 6. The third kappa shape index (κ3) is 7.69. The van der Waals surface area contributed by atoms with Gasteiger partial charge in [0.25, 0.3) is 0 Å². The number of rotatable bonds is 8. The molecule has 1 atom stereocenters. The van der Waals surface area contributed by atoms with Gasteiger partial charge < -0.3 is 18.6 Å². The lowest BCUT2D eigenvalue weighted by Gasteiger charge is -2.40. The Morgan fingerprint density at radius 2 is 1.00 bits per heavy atom. The summed E-state index contributed by atoms with van der Waals surface area (Å²) >= 11 is 11.0. The molecular formula is C83H49ClN2O2S2. The van der Waals surface area contributed by atoms with Crippen molar-refractivity contribution in [3.63, 3.8) is 0 Å². The standard InChI is InChI=1S/C83H49ClN2O2S2/c84-54-36-40-79-71(43-54)83(68-27-12-16-33-78(68)90-79)69-28-17-29-72(86(56-38-41-77-66(44-56)61-25-11-15-32-76(61)89-77)59-45-64(51-19-3-1-4-20-51)80-63-26-10-14-31-74(63)87-75(80)49-59)81(69)62-39-37-57(48-70(62)83)85(55-22-5-2-6-23-55)58-46-65(53-35-34-50-18-7-8-21-52(50)42-53)82-67(47-58)60-24-9-13-30-73(60)88-82/h1-49H. The second-order valence-corrected chi connectivity index (χ2v) is 26.2. The Kier molecular flexibility index (Phi) is 11.4. The molecule has 7 heteroatoms. The lowest BCUT2D eigenvalue weighted by atomic mass is 9.67. The SMILES string of the molecule is Clc1ccc2c(c1)C1(c3ccccc3S2)c2cc(N(c3ccccc3)c3cc(-c4ccc5ccccc5c4)c4oc5ccccc5c4c3)ccc2-c2c(N(c3cc(-c4ccccc4)c4c(c3)oc3ccccc34)c3ccc4sc5ccccc5c4c3)cccc21. The van der Waals surface area contributed by atoms with Crippen LogP contribution in [0.15, 0.2) is 316 Å². The molecule has 19 rings (SSSR count). The van der Waals surface area contributed by atoms with Crippen LogP contribution in [0.5, 0.6) is 0 Å². The van der Waals surface area contributed by atoms with Crippen LogP contribution >= 0.6 is 34.7 Å². The van der Waals surface area contributed by atoms with Crippen molar-refractivity contribution in [1.82, 2.24) is 0 Å². The molecule has 3 aromatic heterocycles. The van der Waals surface area contributed by atoms with Crippen LogP contribution in [0.2, 0.25) is 5.02 Å². The van der Waals surface area contributed by atoms with Crippen LogP contribution < -0.4 is 9.80 Å². The molecule has 0 radical (unpaired) electrons. The average molecular weight is 1210 g/mol. The monoisotopic (exact) mass is 1200 g/mol. The van der Waals surface area contributed by atoms with Crippen LogP contribution in [0.25, 0.3) is 108 Å². The van der Waals surface area contributed by atoms with Gasteiger partial charge in [-0.25, -0.2) is 0 Å². The zero-order valence-corrected chi connectivity index (χ0v) is 50.6. The molecule has 0 saturated carbocycles. The molecule has 90 heavy (non-hydrogen) atoms. The Balaban J connectivity index is 0.910. The smallest absolute Gasteiger partial charge is 0.143 e. The third-order valence-corrected chi connectivity index (χ3v) is 21.2. The summed E-state index contributed by atoms with van der Waals surface area (Å²) in [6.07, 6.45) is 0. The van der Waals surface area contributed by atoms with Crippen molar-refractivity contribution in [1.29, 1.82) is 0 Å². The molecule has 1 aliphatic carbocycles. The quantitative estimate of drug-likeness (QED) is 0.151. The fraction of sp³-hybridized carbons (Fsp3) is 0.0120. The van der Waals surface area contributed by atoms with Crippen LogP contribution in [0.1, 0.15) is 22.3 Å². The number of benzene rings is 14. The number of para-hydroxylation sites is 3. The molecule has 1 unspecified atom stereocenters. The molecule has 0 bridgehead atoms. The molecule has 4 nitrogen and oxygen atoms in total. The van der Waals surface area contributed by atoms with Crippen LogP contribution in [0, 0.1) is 0 Å². The predicted molar refractivity (Wildman–Crippen MR) is 378 cm³/mol. The number of hydrogen-bond donors (Lipinski definition) is 0. The highest BCUT2D eigenvalue weighted by atomic mass is 35.5. The summed E-state index contributed by atoms with van der Waals surface area (Å²) in [5.41, 5.74) is 20.0. The molecule has 2 aliphatic rings. The van der Waals surface area contributed by atoms with Gasteiger partial charge in [0.2, 0.25) is 0 Å². The van der Waals surface area contributed by atoms with E-state index in [4.69, 9.17) is 20.4 Å². The maximum Gasteiger partial charge on any atom is 0.143 e. The van der Waals surface area contributed by atoms with E-state index in [0.717, 1.165) is 117 Å². The first-order valence-corrected chi connectivity index (χ1v) is 32.4. The second-order valence-electron chi connectivity index (χ2n) is 23.6. The fourth-order valence-corrected chi connectivity index (χ4v) is 17.3. The van der Waals surface area contributed by atoms with Crippen molar-refractivity contribution >= 4 is 144 Å². The molecule has 0 saturated heterocycles. The van der Waals surface area contributed by atoms with Crippen molar-refractivity contribution in [2.24, 2.45) is 0 Å². The summed E-state index contributed by atoms with van der Waals surface area (Å²) in [4.78, 5) is 7.30. The van der Waals surface area contributed by atoms with E-state index in [1.807, 2.05) is 29.2 Å². The maximum absolute atomic E-state index is 7.36. The maximum atomic E-state index is 7.36. The number of thiophene rings is 1. The summed E-state index contributed by atoms with van der Waals surface area (Å²) in [5.74, 6) is 0. The molecule has 1 spiro atoms. The molecule has 1 aliphatic heterocycles. The van der Waals surface area contributed by atoms with Crippen LogP contribution in [0.4, 0.5) is 34.1 Å². The summed E-state index contributed by atoms with van der Waals surface area (Å²) in [5, 5.41) is 9.80. The van der Waals surface area contributed by atoms with E-state index in [0.29, 0.717) is 5.02 Å². The first kappa shape index (κ1) is 51.4. The van der Waals surface area contributed by atoms with E-state index in [9.17, 15) is 0 Å². The van der Waals surface area contributed by atoms with E-state index < -0.39 is 5.41 Å². The van der Waals surface area contributed by atoms with E-state index in [1.165, 1.54) is 57.4 Å². The second kappa shape index (κ2) is 20.0. The zero-order chi connectivity index (χ0) is 59.2. The average Bonchev–Trinajstić information content (AvgIpc) is 1.48. The van der Waals surface area contributed by atoms with Crippen molar-refractivity contribution in [2.75, 3.05) is 9.80 Å². The van der Waals surface area contributed by atoms with Gasteiger partial charge in [0.15, 0.2) is 0 Å². The van der Waals surface area contributed by atoms with E-state index in [-0.39, 0.29) is 0 Å². The van der Waals surface area contributed by atoms with Gasteiger partial charge in [-0.3, -0.25) is 0 Å². The summed E-state index contributed by atoms with van der Waals surface area (Å²) in [6, 6.07) is 109. The minimum absolute atomic E-state index is 0.689. The fourth-order valence-electron chi connectivity index (χ4n) is 14.9. The van der Waals surface area contributed by atoms with Gasteiger partial charge in [-0.05, 0) is 171 Å². The zero-order valence-electron chi connectivity index (χ0n) is 48.2. The Labute approximate surface area is 531 Å². The highest BCUT2D eigenvalue weighted by Crippen LogP contribution is 2.65. The first-order valence-electron chi connectivity index (χ1n) is 30.4. The van der Waals surface area contributed by atoms with Gasteiger partial charge in [0.1, 0.15) is 22.3 Å². The molecule has 17 aromatic rings. The first-order chi connectivity index (χ1) is 44.5. The van der Waals surface area contributed by atoms with Gasteiger partial charge in [-0.15, -0.1) is 11.3 Å². The summed E-state index contributed by atoms with van der Waals surface area (Å²) in [7, 11) is 0. The largest absolute Gasteiger partial charge is 0.456 e. The lowest BCUT2D eigenvalue weighted by molar-refractivity contribution is 0.669. The van der Waals surface area contributed by atoms with E-state index in [2.05, 4.69) is 301 Å². The highest BCUT2D eigenvalue weighted by Gasteiger charge is 2.52. The van der Waals surface area contributed by atoms with Gasteiger partial charge in [0, 0.05) is 96.5 Å². The summed E-state index contributed by atoms with van der Waals surface area (Å²) < 4.78 is 16.4. The summed E-state index contributed by atoms with van der Waals surface area (Å²) in [6.45, 7) is 0. The van der Waals surface area contributed by atoms with Crippen LogP contribution in [0.3, 0.4) is 0 Å². The molecule has 4 heterocycles. The van der Waals surface area contributed by atoms with Crippen molar-refractivity contribution in [3.05, 3.63) is 325 Å².